The number of aryl methyl sites for hydroxylation is 4. The van der Waals surface area contributed by atoms with Crippen molar-refractivity contribution in [2.75, 3.05) is 5.73 Å². The van der Waals surface area contributed by atoms with Crippen molar-refractivity contribution < 1.29 is 0 Å². The van der Waals surface area contributed by atoms with E-state index in [9.17, 15) is 0 Å². The lowest BCUT2D eigenvalue weighted by Gasteiger charge is -2.12. The molecule has 0 spiro atoms. The molecule has 0 amide bonds. The number of nitrogen functional groups attached to an aromatic ring is 1. The van der Waals surface area contributed by atoms with E-state index in [2.05, 4.69) is 37.9 Å². The molecule has 0 aliphatic carbocycles. The molecular weight excluding hydrogens is 210 g/mol. The second kappa shape index (κ2) is 4.24. The highest BCUT2D eigenvalue weighted by atomic mass is 15.1. The maximum absolute atomic E-state index is 5.86. The fourth-order valence-corrected chi connectivity index (χ4v) is 2.05. The van der Waals surface area contributed by atoms with Gasteiger partial charge in [-0.2, -0.15) is 0 Å². The van der Waals surface area contributed by atoms with Crippen LogP contribution >= 0.6 is 0 Å². The number of rotatable bonds is 2. The number of hydrogen-bond acceptors (Lipinski definition) is 2. The normalized spacial score (nSPS) is 10.8. The Bertz CT molecular complexity index is 533. The van der Waals surface area contributed by atoms with Crippen LogP contribution in [-0.2, 0) is 6.54 Å². The van der Waals surface area contributed by atoms with Gasteiger partial charge in [0.15, 0.2) is 0 Å². The van der Waals surface area contributed by atoms with Gasteiger partial charge in [0, 0.05) is 5.69 Å². The second-order valence-electron chi connectivity index (χ2n) is 4.71. The van der Waals surface area contributed by atoms with Crippen LogP contribution in [0.5, 0.6) is 0 Å². The van der Waals surface area contributed by atoms with E-state index < -0.39 is 0 Å². The lowest BCUT2D eigenvalue weighted by Crippen LogP contribution is -2.08. The zero-order valence-corrected chi connectivity index (χ0v) is 10.9. The predicted molar refractivity (Wildman–Crippen MR) is 71.1 cm³/mol. The average molecular weight is 229 g/mol. The SMILES string of the molecule is Cc1cc(C)c(Cn2c(C)cnc2N)cc1C. The molecule has 2 N–H and O–H groups in total. The van der Waals surface area contributed by atoms with Crippen LogP contribution in [0.3, 0.4) is 0 Å². The number of imidazole rings is 1. The number of nitrogens with zero attached hydrogens (tertiary/aromatic N) is 2. The van der Waals surface area contributed by atoms with E-state index in [1.807, 2.05) is 17.7 Å². The summed E-state index contributed by atoms with van der Waals surface area (Å²) in [4.78, 5) is 4.12. The summed E-state index contributed by atoms with van der Waals surface area (Å²) >= 11 is 0. The van der Waals surface area contributed by atoms with Crippen LogP contribution in [-0.4, -0.2) is 9.55 Å². The summed E-state index contributed by atoms with van der Waals surface area (Å²) in [6.07, 6.45) is 1.81. The summed E-state index contributed by atoms with van der Waals surface area (Å²) in [5.74, 6) is 0.583. The minimum atomic E-state index is 0.583. The molecule has 3 heteroatoms. The topological polar surface area (TPSA) is 43.8 Å². The van der Waals surface area contributed by atoms with E-state index >= 15 is 0 Å². The summed E-state index contributed by atoms with van der Waals surface area (Å²) in [7, 11) is 0. The largest absolute Gasteiger partial charge is 0.369 e. The van der Waals surface area contributed by atoms with Gasteiger partial charge < -0.3 is 10.3 Å². The first-order valence-corrected chi connectivity index (χ1v) is 5.83. The third-order valence-electron chi connectivity index (χ3n) is 3.37. The van der Waals surface area contributed by atoms with Crippen molar-refractivity contribution in [1.29, 1.82) is 0 Å². The third-order valence-corrected chi connectivity index (χ3v) is 3.37. The van der Waals surface area contributed by atoms with E-state index in [1.165, 1.54) is 22.3 Å². The van der Waals surface area contributed by atoms with Crippen LogP contribution in [0.2, 0.25) is 0 Å². The second-order valence-corrected chi connectivity index (χ2v) is 4.71. The molecule has 1 heterocycles. The van der Waals surface area contributed by atoms with Crippen molar-refractivity contribution in [2.45, 2.75) is 34.2 Å². The molecule has 2 rings (SSSR count). The van der Waals surface area contributed by atoms with Crippen LogP contribution in [0.4, 0.5) is 5.95 Å². The van der Waals surface area contributed by atoms with Gasteiger partial charge in [0.2, 0.25) is 5.95 Å². The van der Waals surface area contributed by atoms with Crippen molar-refractivity contribution >= 4 is 5.95 Å². The van der Waals surface area contributed by atoms with E-state index in [1.54, 1.807) is 0 Å². The zero-order valence-electron chi connectivity index (χ0n) is 10.9. The Kier molecular flexibility index (Phi) is 2.92. The van der Waals surface area contributed by atoms with Gasteiger partial charge in [-0.25, -0.2) is 4.98 Å². The van der Waals surface area contributed by atoms with Crippen molar-refractivity contribution in [3.8, 4) is 0 Å². The van der Waals surface area contributed by atoms with Gasteiger partial charge in [-0.05, 0) is 49.9 Å². The number of anilines is 1. The summed E-state index contributed by atoms with van der Waals surface area (Å²) in [5, 5.41) is 0. The summed E-state index contributed by atoms with van der Waals surface area (Å²) in [6.45, 7) is 9.25. The summed E-state index contributed by atoms with van der Waals surface area (Å²) in [5.41, 5.74) is 12.2. The van der Waals surface area contributed by atoms with Crippen LogP contribution < -0.4 is 5.73 Å². The molecule has 1 aromatic heterocycles. The highest BCUT2D eigenvalue weighted by molar-refractivity contribution is 5.37. The monoisotopic (exact) mass is 229 g/mol. The number of nitrogens with two attached hydrogens (primary N) is 1. The molecule has 90 valence electrons. The lowest BCUT2D eigenvalue weighted by molar-refractivity contribution is 0.777. The van der Waals surface area contributed by atoms with Gasteiger partial charge in [-0.3, -0.25) is 0 Å². The van der Waals surface area contributed by atoms with Crippen LogP contribution in [0.1, 0.15) is 27.9 Å². The Morgan fingerprint density at radius 2 is 1.71 bits per heavy atom. The average Bonchev–Trinajstić information content (AvgIpc) is 2.57. The number of aromatic nitrogens is 2. The van der Waals surface area contributed by atoms with Crippen molar-refractivity contribution in [3.05, 3.63) is 46.3 Å². The molecule has 0 radical (unpaired) electrons. The first kappa shape index (κ1) is 11.7. The molecule has 2 aromatic rings. The molecule has 0 bridgehead atoms. The molecule has 3 nitrogen and oxygen atoms in total. The highest BCUT2D eigenvalue weighted by Gasteiger charge is 2.07. The molecule has 0 aliphatic heterocycles. The maximum Gasteiger partial charge on any atom is 0.200 e. The minimum Gasteiger partial charge on any atom is -0.369 e. The quantitative estimate of drug-likeness (QED) is 0.860. The van der Waals surface area contributed by atoms with Gasteiger partial charge in [-0.15, -0.1) is 0 Å². The zero-order chi connectivity index (χ0) is 12.6. The van der Waals surface area contributed by atoms with Crippen LogP contribution in [0, 0.1) is 27.7 Å². The van der Waals surface area contributed by atoms with Gasteiger partial charge in [0.25, 0.3) is 0 Å². The molecular formula is C14H19N3. The maximum atomic E-state index is 5.86. The molecule has 0 saturated heterocycles. The summed E-state index contributed by atoms with van der Waals surface area (Å²) < 4.78 is 2.04. The van der Waals surface area contributed by atoms with E-state index in [4.69, 9.17) is 5.73 Å². The van der Waals surface area contributed by atoms with Gasteiger partial charge in [0.1, 0.15) is 0 Å². The number of benzene rings is 1. The van der Waals surface area contributed by atoms with Crippen molar-refractivity contribution in [1.82, 2.24) is 9.55 Å². The molecule has 0 saturated carbocycles. The van der Waals surface area contributed by atoms with Gasteiger partial charge in [0.05, 0.1) is 12.7 Å². The fourth-order valence-electron chi connectivity index (χ4n) is 2.05. The van der Waals surface area contributed by atoms with Crippen LogP contribution in [0.25, 0.3) is 0 Å². The van der Waals surface area contributed by atoms with Crippen molar-refractivity contribution in [2.24, 2.45) is 0 Å². The first-order valence-electron chi connectivity index (χ1n) is 5.83. The number of hydrogen-bond donors (Lipinski definition) is 1. The fraction of sp³-hybridized carbons (Fsp3) is 0.357. The van der Waals surface area contributed by atoms with E-state index in [0.717, 1.165) is 12.2 Å². The van der Waals surface area contributed by atoms with E-state index in [0.29, 0.717) is 5.95 Å². The standard InChI is InChI=1S/C14H19N3/c1-9-5-11(3)13(6-10(9)2)8-17-12(4)7-16-14(17)15/h5-7H,8H2,1-4H3,(H2,15,16). The Morgan fingerprint density at radius 3 is 2.29 bits per heavy atom. The molecule has 17 heavy (non-hydrogen) atoms. The minimum absolute atomic E-state index is 0.583. The third kappa shape index (κ3) is 2.18. The molecule has 0 unspecified atom stereocenters. The van der Waals surface area contributed by atoms with Crippen molar-refractivity contribution in [3.63, 3.8) is 0 Å². The summed E-state index contributed by atoms with van der Waals surface area (Å²) in [6, 6.07) is 4.47. The Morgan fingerprint density at radius 1 is 1.06 bits per heavy atom. The van der Waals surface area contributed by atoms with E-state index in [-0.39, 0.29) is 0 Å². The molecule has 0 atom stereocenters. The predicted octanol–water partition coefficient (Wildman–Crippen LogP) is 2.75. The lowest BCUT2D eigenvalue weighted by atomic mass is 10.0. The molecule has 1 aromatic carbocycles. The first-order chi connectivity index (χ1) is 7.99. The Hall–Kier alpha value is -1.77. The van der Waals surface area contributed by atoms with Gasteiger partial charge >= 0.3 is 0 Å². The molecule has 0 fully saturated rings. The van der Waals surface area contributed by atoms with Crippen LogP contribution in [0.15, 0.2) is 18.3 Å². The smallest absolute Gasteiger partial charge is 0.200 e. The highest BCUT2D eigenvalue weighted by Crippen LogP contribution is 2.18. The molecule has 0 aliphatic rings. The Balaban J connectivity index is 2.40. The Labute approximate surface area is 102 Å². The van der Waals surface area contributed by atoms with Gasteiger partial charge in [-0.1, -0.05) is 12.1 Å².